The van der Waals surface area contributed by atoms with Gasteiger partial charge in [-0.3, -0.25) is 9.25 Å². The lowest BCUT2D eigenvalue weighted by Crippen LogP contribution is -2.06. The van der Waals surface area contributed by atoms with Crippen LogP contribution in [-0.4, -0.2) is 50.1 Å². The van der Waals surface area contributed by atoms with Gasteiger partial charge in [-0.15, -0.1) is 0 Å². The predicted octanol–water partition coefficient (Wildman–Crippen LogP) is 3.27. The average Bonchev–Trinajstić information content (AvgIpc) is 3.30. The first kappa shape index (κ1) is 18.7. The monoisotopic (exact) mass is 401 g/mol. The van der Waals surface area contributed by atoms with Gasteiger partial charge >= 0.3 is 0 Å². The maximum absolute atomic E-state index is 12.5. The summed E-state index contributed by atoms with van der Waals surface area (Å²) in [5.74, 6) is 0.779. The number of aromatic nitrogens is 5. The van der Waals surface area contributed by atoms with Gasteiger partial charge in [0.05, 0.1) is 42.7 Å². The molecule has 0 aliphatic carbocycles. The van der Waals surface area contributed by atoms with Crippen LogP contribution in [0.5, 0.6) is 17.5 Å². The Morgan fingerprint density at radius 2 is 1.97 bits per heavy atom. The molecule has 4 heterocycles. The molecule has 0 spiro atoms. The molecule has 4 aromatic rings. The molecule has 0 atom stereocenters. The molecule has 0 radical (unpaired) electrons. The van der Waals surface area contributed by atoms with E-state index in [1.807, 2.05) is 0 Å². The van der Waals surface area contributed by atoms with Crippen LogP contribution in [0, 0.1) is 0 Å². The van der Waals surface area contributed by atoms with Gasteiger partial charge in [0.2, 0.25) is 5.88 Å². The fraction of sp³-hybridized carbons (Fsp3) is 0.211. The van der Waals surface area contributed by atoms with E-state index in [2.05, 4.69) is 15.1 Å². The number of hydrogen-bond donors (Lipinski definition) is 1. The van der Waals surface area contributed by atoms with Crippen LogP contribution in [0.15, 0.2) is 43.0 Å². The number of ether oxygens (including phenoxy) is 2. The van der Waals surface area contributed by atoms with Gasteiger partial charge in [-0.1, -0.05) is 0 Å². The molecule has 10 heteroatoms. The number of fused-ring (bicyclic) bond motifs is 1. The smallest absolute Gasteiger partial charge is 0.257 e. The van der Waals surface area contributed by atoms with Gasteiger partial charge in [-0.25, -0.2) is 18.7 Å². The summed E-state index contributed by atoms with van der Waals surface area (Å²) in [7, 11) is 3.02. The molecule has 0 saturated heterocycles. The zero-order valence-corrected chi connectivity index (χ0v) is 15.6. The van der Waals surface area contributed by atoms with E-state index < -0.39 is 13.0 Å². The second-order valence-electron chi connectivity index (χ2n) is 6.20. The first-order valence-electron chi connectivity index (χ1n) is 8.60. The maximum atomic E-state index is 12.5. The molecule has 0 unspecified atom stereocenters. The third kappa shape index (κ3) is 3.44. The Kier molecular flexibility index (Phi) is 4.75. The second kappa shape index (κ2) is 7.38. The van der Waals surface area contributed by atoms with Crippen molar-refractivity contribution in [1.29, 1.82) is 0 Å². The standard InChI is InChI=1S/C19H17F2N5O3/c1-28-16-5-11(6-22-18(16)29-2)14-4-3-13-15(24-14)9-26(19(13)27)12-7-23-25(8-12)10-17(20)21/h3-9,17,27H,10H2,1-2H3. The Morgan fingerprint density at radius 1 is 1.14 bits per heavy atom. The molecule has 4 rings (SSSR count). The van der Waals surface area contributed by atoms with Crippen molar-refractivity contribution in [1.82, 2.24) is 24.3 Å². The Hall–Kier alpha value is -3.69. The number of aromatic hydroxyl groups is 1. The summed E-state index contributed by atoms with van der Waals surface area (Å²) < 4.78 is 38.1. The molecule has 0 aliphatic rings. The zero-order valence-electron chi connectivity index (χ0n) is 15.6. The minimum Gasteiger partial charge on any atom is -0.494 e. The fourth-order valence-electron chi connectivity index (χ4n) is 3.02. The Bertz CT molecular complexity index is 1170. The van der Waals surface area contributed by atoms with E-state index in [0.717, 1.165) is 4.68 Å². The fourth-order valence-corrected chi connectivity index (χ4v) is 3.02. The number of nitrogens with zero attached hydrogens (tertiary/aromatic N) is 5. The lowest BCUT2D eigenvalue weighted by atomic mass is 10.1. The van der Waals surface area contributed by atoms with Gasteiger partial charge in [0, 0.05) is 24.2 Å². The van der Waals surface area contributed by atoms with Crippen LogP contribution in [0.1, 0.15) is 0 Å². The molecule has 1 N–H and O–H groups in total. The molecule has 0 saturated carbocycles. The SMILES string of the molecule is COc1cc(-c2ccc3c(O)n(-c4cnn(CC(F)F)c4)cc3n2)cnc1OC. The van der Waals surface area contributed by atoms with Crippen LogP contribution in [0.2, 0.25) is 0 Å². The van der Waals surface area contributed by atoms with Gasteiger partial charge in [-0.05, 0) is 18.2 Å². The van der Waals surface area contributed by atoms with Crippen LogP contribution in [0.25, 0.3) is 27.8 Å². The van der Waals surface area contributed by atoms with E-state index in [-0.39, 0.29) is 5.88 Å². The topological polar surface area (TPSA) is 87.2 Å². The number of rotatable bonds is 6. The van der Waals surface area contributed by atoms with E-state index >= 15 is 0 Å². The van der Waals surface area contributed by atoms with Gasteiger partial charge in [0.15, 0.2) is 5.75 Å². The van der Waals surface area contributed by atoms with Crippen molar-refractivity contribution in [2.75, 3.05) is 14.2 Å². The van der Waals surface area contributed by atoms with Crippen molar-refractivity contribution < 1.29 is 23.4 Å². The molecule has 0 amide bonds. The maximum Gasteiger partial charge on any atom is 0.257 e. The molecule has 0 bridgehead atoms. The Balaban J connectivity index is 1.73. The normalized spacial score (nSPS) is 11.3. The molecular weight excluding hydrogens is 384 g/mol. The third-order valence-electron chi connectivity index (χ3n) is 4.40. The highest BCUT2D eigenvalue weighted by Crippen LogP contribution is 2.33. The molecule has 29 heavy (non-hydrogen) atoms. The van der Waals surface area contributed by atoms with Crippen molar-refractivity contribution in [2.24, 2.45) is 0 Å². The van der Waals surface area contributed by atoms with E-state index in [0.29, 0.717) is 39.5 Å². The van der Waals surface area contributed by atoms with E-state index in [4.69, 9.17) is 9.47 Å². The molecule has 150 valence electrons. The van der Waals surface area contributed by atoms with Crippen LogP contribution in [0.3, 0.4) is 0 Å². The first-order chi connectivity index (χ1) is 14.0. The number of alkyl halides is 2. The van der Waals surface area contributed by atoms with Gasteiger partial charge < -0.3 is 14.6 Å². The highest BCUT2D eigenvalue weighted by molar-refractivity contribution is 5.87. The molecule has 0 aliphatic heterocycles. The van der Waals surface area contributed by atoms with Gasteiger partial charge in [0.1, 0.15) is 6.54 Å². The van der Waals surface area contributed by atoms with Crippen molar-refractivity contribution in [3.63, 3.8) is 0 Å². The number of halogens is 2. The lowest BCUT2D eigenvalue weighted by Gasteiger charge is -2.08. The van der Waals surface area contributed by atoms with Crippen LogP contribution < -0.4 is 9.47 Å². The first-order valence-corrected chi connectivity index (χ1v) is 8.60. The lowest BCUT2D eigenvalue weighted by molar-refractivity contribution is 0.122. The minimum absolute atomic E-state index is 0.0546. The van der Waals surface area contributed by atoms with Crippen molar-refractivity contribution >= 4 is 10.9 Å². The number of pyridine rings is 2. The Labute approximate surface area is 164 Å². The Morgan fingerprint density at radius 3 is 2.69 bits per heavy atom. The zero-order chi connectivity index (χ0) is 20.5. The van der Waals surface area contributed by atoms with E-state index in [1.54, 1.807) is 30.6 Å². The molecular formula is C19H17F2N5O3. The highest BCUT2D eigenvalue weighted by atomic mass is 19.3. The quantitative estimate of drug-likeness (QED) is 0.534. The molecule has 0 aromatic carbocycles. The average molecular weight is 401 g/mol. The van der Waals surface area contributed by atoms with Crippen LogP contribution in [0.4, 0.5) is 8.78 Å². The summed E-state index contributed by atoms with van der Waals surface area (Å²) in [6.07, 6.45) is 3.55. The minimum atomic E-state index is -2.51. The molecule has 4 aromatic heterocycles. The van der Waals surface area contributed by atoms with Gasteiger partial charge in [-0.2, -0.15) is 5.10 Å². The predicted molar refractivity (Wildman–Crippen MR) is 101 cm³/mol. The van der Waals surface area contributed by atoms with Gasteiger partial charge in [0.25, 0.3) is 12.3 Å². The highest BCUT2D eigenvalue weighted by Gasteiger charge is 2.15. The number of hydrogen-bond acceptors (Lipinski definition) is 6. The largest absolute Gasteiger partial charge is 0.494 e. The second-order valence-corrected chi connectivity index (χ2v) is 6.20. The summed E-state index contributed by atoms with van der Waals surface area (Å²) >= 11 is 0. The van der Waals surface area contributed by atoms with Crippen LogP contribution >= 0.6 is 0 Å². The van der Waals surface area contributed by atoms with Crippen molar-refractivity contribution in [3.8, 4) is 34.5 Å². The summed E-state index contributed by atoms with van der Waals surface area (Å²) in [6.45, 7) is -0.518. The summed E-state index contributed by atoms with van der Waals surface area (Å²) in [6, 6.07) is 5.23. The molecule has 0 fully saturated rings. The molecule has 8 nitrogen and oxygen atoms in total. The summed E-state index contributed by atoms with van der Waals surface area (Å²) in [4.78, 5) is 8.78. The van der Waals surface area contributed by atoms with Crippen molar-refractivity contribution in [3.05, 3.63) is 43.0 Å². The van der Waals surface area contributed by atoms with E-state index in [9.17, 15) is 13.9 Å². The third-order valence-corrected chi connectivity index (χ3v) is 4.40. The summed E-state index contributed by atoms with van der Waals surface area (Å²) in [5.41, 5.74) is 2.31. The summed E-state index contributed by atoms with van der Waals surface area (Å²) in [5, 5.41) is 14.9. The van der Waals surface area contributed by atoms with Crippen molar-refractivity contribution in [2.45, 2.75) is 13.0 Å². The van der Waals surface area contributed by atoms with E-state index in [1.165, 1.54) is 31.2 Å². The number of methoxy groups -OCH3 is 2. The van der Waals surface area contributed by atoms with Crippen LogP contribution in [-0.2, 0) is 6.54 Å².